The van der Waals surface area contributed by atoms with E-state index in [1.165, 1.54) is 4.90 Å². The van der Waals surface area contributed by atoms with E-state index in [0.29, 0.717) is 19.4 Å². The van der Waals surface area contributed by atoms with Crippen LogP contribution in [-0.2, 0) is 16.0 Å². The van der Waals surface area contributed by atoms with Gasteiger partial charge in [-0.15, -0.1) is 0 Å². The summed E-state index contributed by atoms with van der Waals surface area (Å²) in [6, 6.07) is 7.15. The van der Waals surface area contributed by atoms with Crippen molar-refractivity contribution in [1.82, 2.24) is 4.90 Å². The summed E-state index contributed by atoms with van der Waals surface area (Å²) in [6.07, 6.45) is 3.28. The Hall–Kier alpha value is -2.04. The molecule has 1 atom stereocenters. The molecule has 0 saturated carbocycles. The summed E-state index contributed by atoms with van der Waals surface area (Å²) in [6.45, 7) is 0.568. The molecule has 0 spiro atoms. The normalized spacial score (nSPS) is 17.8. The quantitative estimate of drug-likeness (QED) is 0.871. The van der Waals surface area contributed by atoms with E-state index >= 15 is 0 Å². The van der Waals surface area contributed by atoms with Gasteiger partial charge in [0.1, 0.15) is 11.8 Å². The molecule has 1 aliphatic heterocycles. The Balaban J connectivity index is 1.79. The maximum Gasteiger partial charge on any atom is 0.326 e. The molecule has 5 nitrogen and oxygen atoms in total. The summed E-state index contributed by atoms with van der Waals surface area (Å²) in [5, 5.41) is 9.08. The summed E-state index contributed by atoms with van der Waals surface area (Å²) in [5.41, 5.74) is 1.15. The summed E-state index contributed by atoms with van der Waals surface area (Å²) in [7, 11) is 1.63. The molecule has 1 amide bonds. The van der Waals surface area contributed by atoms with Crippen LogP contribution in [0.1, 0.15) is 31.2 Å². The number of aliphatic carboxylic acids is 1. The summed E-state index contributed by atoms with van der Waals surface area (Å²) < 4.78 is 5.10. The Labute approximate surface area is 124 Å². The van der Waals surface area contributed by atoms with Gasteiger partial charge < -0.3 is 14.7 Å². The Kier molecular flexibility index (Phi) is 5.20. The average molecular weight is 291 g/mol. The van der Waals surface area contributed by atoms with Crippen LogP contribution in [0.4, 0.5) is 0 Å². The van der Waals surface area contributed by atoms with E-state index in [1.807, 2.05) is 24.3 Å². The molecule has 0 radical (unpaired) electrons. The summed E-state index contributed by atoms with van der Waals surface area (Å²) in [5.74, 6) is -0.124. The number of hydrogen-bond acceptors (Lipinski definition) is 3. The zero-order chi connectivity index (χ0) is 15.2. The van der Waals surface area contributed by atoms with Gasteiger partial charge >= 0.3 is 5.97 Å². The zero-order valence-electron chi connectivity index (χ0n) is 12.2. The van der Waals surface area contributed by atoms with Gasteiger partial charge in [0.2, 0.25) is 5.91 Å². The fourth-order valence-corrected chi connectivity index (χ4v) is 2.70. The third-order valence-electron chi connectivity index (χ3n) is 3.87. The predicted molar refractivity (Wildman–Crippen MR) is 78.3 cm³/mol. The van der Waals surface area contributed by atoms with Gasteiger partial charge in [0.15, 0.2) is 0 Å². The van der Waals surface area contributed by atoms with E-state index in [0.717, 1.165) is 30.6 Å². The van der Waals surface area contributed by atoms with Crippen molar-refractivity contribution in [2.75, 3.05) is 13.7 Å². The van der Waals surface area contributed by atoms with Crippen molar-refractivity contribution in [3.8, 4) is 5.75 Å². The third-order valence-corrected chi connectivity index (χ3v) is 3.87. The lowest BCUT2D eigenvalue weighted by molar-refractivity contribution is -0.148. The second-order valence-electron chi connectivity index (χ2n) is 5.29. The fraction of sp³-hybridized carbons (Fsp3) is 0.500. The van der Waals surface area contributed by atoms with Crippen LogP contribution in [0.15, 0.2) is 24.3 Å². The standard InChI is InChI=1S/C16H21NO4/c1-21-13-9-7-12(8-10-13)4-2-6-15(18)17-11-3-5-14(17)16(19)20/h7-10,14H,2-6,11H2,1H3,(H,19,20)/t14-/m0/s1. The lowest BCUT2D eigenvalue weighted by atomic mass is 10.1. The molecule has 1 fully saturated rings. The number of ether oxygens (including phenoxy) is 1. The highest BCUT2D eigenvalue weighted by atomic mass is 16.5. The monoisotopic (exact) mass is 291 g/mol. The maximum atomic E-state index is 12.1. The molecular formula is C16H21NO4. The molecule has 1 heterocycles. The number of amides is 1. The van der Waals surface area contributed by atoms with Crippen LogP contribution in [0.25, 0.3) is 0 Å². The van der Waals surface area contributed by atoms with Crippen LogP contribution >= 0.6 is 0 Å². The summed E-state index contributed by atoms with van der Waals surface area (Å²) in [4.78, 5) is 24.7. The number of aryl methyl sites for hydroxylation is 1. The van der Waals surface area contributed by atoms with Gasteiger partial charge in [-0.1, -0.05) is 12.1 Å². The number of nitrogens with zero attached hydrogens (tertiary/aromatic N) is 1. The van der Waals surface area contributed by atoms with Crippen molar-refractivity contribution < 1.29 is 19.4 Å². The lowest BCUT2D eigenvalue weighted by Gasteiger charge is -2.21. The van der Waals surface area contributed by atoms with E-state index in [4.69, 9.17) is 9.84 Å². The fourth-order valence-electron chi connectivity index (χ4n) is 2.70. The third kappa shape index (κ3) is 3.97. The molecule has 0 aromatic heterocycles. The number of carbonyl (C=O) groups is 2. The van der Waals surface area contributed by atoms with Gasteiger partial charge in [-0.2, -0.15) is 0 Å². The average Bonchev–Trinajstić information content (AvgIpc) is 2.97. The number of carboxylic acid groups (broad SMARTS) is 1. The minimum Gasteiger partial charge on any atom is -0.497 e. The van der Waals surface area contributed by atoms with Crippen LogP contribution < -0.4 is 4.74 Å². The van der Waals surface area contributed by atoms with Gasteiger partial charge in [-0.25, -0.2) is 4.79 Å². The second kappa shape index (κ2) is 7.11. The molecular weight excluding hydrogens is 270 g/mol. The zero-order valence-corrected chi connectivity index (χ0v) is 12.2. The Morgan fingerprint density at radius 3 is 2.67 bits per heavy atom. The predicted octanol–water partition coefficient (Wildman–Crippen LogP) is 2.09. The topological polar surface area (TPSA) is 66.8 Å². The number of carboxylic acids is 1. The summed E-state index contributed by atoms with van der Waals surface area (Å²) >= 11 is 0. The van der Waals surface area contributed by atoms with E-state index in [-0.39, 0.29) is 5.91 Å². The van der Waals surface area contributed by atoms with Crippen molar-refractivity contribution in [2.24, 2.45) is 0 Å². The number of methoxy groups -OCH3 is 1. The van der Waals surface area contributed by atoms with Crippen LogP contribution in [-0.4, -0.2) is 41.6 Å². The van der Waals surface area contributed by atoms with Crippen LogP contribution in [0.3, 0.4) is 0 Å². The first-order chi connectivity index (χ1) is 10.1. The Morgan fingerprint density at radius 2 is 2.05 bits per heavy atom. The van der Waals surface area contributed by atoms with E-state index in [2.05, 4.69) is 0 Å². The highest BCUT2D eigenvalue weighted by Crippen LogP contribution is 2.19. The highest BCUT2D eigenvalue weighted by molar-refractivity contribution is 5.84. The van der Waals surface area contributed by atoms with Crippen LogP contribution in [0.5, 0.6) is 5.75 Å². The molecule has 21 heavy (non-hydrogen) atoms. The van der Waals surface area contributed by atoms with Crippen LogP contribution in [0.2, 0.25) is 0 Å². The van der Waals surface area contributed by atoms with Crippen molar-refractivity contribution >= 4 is 11.9 Å². The van der Waals surface area contributed by atoms with Crippen molar-refractivity contribution in [1.29, 1.82) is 0 Å². The van der Waals surface area contributed by atoms with E-state index in [1.54, 1.807) is 7.11 Å². The van der Waals surface area contributed by atoms with E-state index in [9.17, 15) is 9.59 Å². The smallest absolute Gasteiger partial charge is 0.326 e. The second-order valence-corrected chi connectivity index (χ2v) is 5.29. The number of benzene rings is 1. The number of carbonyl (C=O) groups excluding carboxylic acids is 1. The Bertz CT molecular complexity index is 498. The Morgan fingerprint density at radius 1 is 1.33 bits per heavy atom. The first-order valence-electron chi connectivity index (χ1n) is 7.27. The molecule has 0 bridgehead atoms. The molecule has 1 aliphatic rings. The van der Waals surface area contributed by atoms with Gasteiger partial charge in [-0.3, -0.25) is 4.79 Å². The minimum absolute atomic E-state index is 0.0478. The molecule has 1 saturated heterocycles. The first-order valence-corrected chi connectivity index (χ1v) is 7.27. The molecule has 0 aliphatic carbocycles. The highest BCUT2D eigenvalue weighted by Gasteiger charge is 2.33. The SMILES string of the molecule is COc1ccc(CCCC(=O)N2CCC[C@H]2C(=O)O)cc1. The van der Waals surface area contributed by atoms with Gasteiger partial charge in [0.05, 0.1) is 7.11 Å². The molecule has 1 aromatic carbocycles. The van der Waals surface area contributed by atoms with Crippen molar-refractivity contribution in [2.45, 2.75) is 38.1 Å². The van der Waals surface area contributed by atoms with Gasteiger partial charge in [-0.05, 0) is 43.4 Å². The molecule has 2 rings (SSSR count). The molecule has 0 unspecified atom stereocenters. The first kappa shape index (κ1) is 15.4. The van der Waals surface area contributed by atoms with Crippen molar-refractivity contribution in [3.63, 3.8) is 0 Å². The van der Waals surface area contributed by atoms with Crippen molar-refractivity contribution in [3.05, 3.63) is 29.8 Å². The maximum absolute atomic E-state index is 12.1. The number of hydrogen-bond donors (Lipinski definition) is 1. The molecule has 5 heteroatoms. The van der Waals surface area contributed by atoms with E-state index < -0.39 is 12.0 Å². The molecule has 1 aromatic rings. The van der Waals surface area contributed by atoms with Crippen LogP contribution in [0, 0.1) is 0 Å². The largest absolute Gasteiger partial charge is 0.497 e. The lowest BCUT2D eigenvalue weighted by Crippen LogP contribution is -2.40. The minimum atomic E-state index is -0.893. The van der Waals surface area contributed by atoms with Gasteiger partial charge in [0.25, 0.3) is 0 Å². The number of rotatable bonds is 6. The molecule has 1 N–H and O–H groups in total. The molecule has 114 valence electrons. The van der Waals surface area contributed by atoms with Gasteiger partial charge in [0, 0.05) is 13.0 Å². The number of likely N-dealkylation sites (tertiary alicyclic amines) is 1.